The summed E-state index contributed by atoms with van der Waals surface area (Å²) in [5, 5.41) is 0. The van der Waals surface area contributed by atoms with E-state index in [0.29, 0.717) is 18.4 Å². The van der Waals surface area contributed by atoms with Gasteiger partial charge in [-0.25, -0.2) is 8.78 Å². The van der Waals surface area contributed by atoms with Crippen LogP contribution in [0.5, 0.6) is 5.75 Å². The van der Waals surface area contributed by atoms with Gasteiger partial charge in [-0.1, -0.05) is 0 Å². The van der Waals surface area contributed by atoms with Gasteiger partial charge in [0.25, 0.3) is 0 Å². The van der Waals surface area contributed by atoms with Crippen LogP contribution in [0.3, 0.4) is 0 Å². The normalized spacial score (nSPS) is 12.6. The fraction of sp³-hybridized carbons (Fsp3) is 0.455. The lowest BCUT2D eigenvalue weighted by Gasteiger charge is -2.10. The van der Waals surface area contributed by atoms with Crippen LogP contribution in [0.4, 0.5) is 8.78 Å². The standard InChI is InChI=1S/C11H15F2NO/c1-7(14)3-4-8-5-9(12)6-10(13)11(8)15-2/h5-7H,3-4,14H2,1-2H3/t7-/m0/s1. The fourth-order valence-corrected chi connectivity index (χ4v) is 1.41. The van der Waals surface area contributed by atoms with E-state index in [-0.39, 0.29) is 11.8 Å². The molecule has 0 spiro atoms. The Labute approximate surface area is 88.0 Å². The van der Waals surface area contributed by atoms with Gasteiger partial charge in [0.2, 0.25) is 0 Å². The van der Waals surface area contributed by atoms with Crippen LogP contribution in [-0.2, 0) is 6.42 Å². The molecule has 0 saturated heterocycles. The summed E-state index contributed by atoms with van der Waals surface area (Å²) in [4.78, 5) is 0. The highest BCUT2D eigenvalue weighted by molar-refractivity contribution is 5.35. The summed E-state index contributed by atoms with van der Waals surface area (Å²) in [6.45, 7) is 1.85. The van der Waals surface area contributed by atoms with Crippen molar-refractivity contribution in [3.63, 3.8) is 0 Å². The van der Waals surface area contributed by atoms with Crippen LogP contribution in [-0.4, -0.2) is 13.2 Å². The number of halogens is 2. The first-order valence-electron chi connectivity index (χ1n) is 4.82. The third-order valence-corrected chi connectivity index (χ3v) is 2.16. The van der Waals surface area contributed by atoms with E-state index in [4.69, 9.17) is 10.5 Å². The second-order valence-corrected chi connectivity index (χ2v) is 3.60. The summed E-state index contributed by atoms with van der Waals surface area (Å²) in [6, 6.07) is 2.10. The molecule has 1 aromatic rings. The molecule has 15 heavy (non-hydrogen) atoms. The molecule has 4 heteroatoms. The largest absolute Gasteiger partial charge is 0.493 e. The molecule has 0 aromatic heterocycles. The van der Waals surface area contributed by atoms with E-state index in [1.54, 1.807) is 0 Å². The van der Waals surface area contributed by atoms with Gasteiger partial charge in [-0.05, 0) is 25.8 Å². The first-order chi connectivity index (χ1) is 7.04. The Hall–Kier alpha value is -1.16. The van der Waals surface area contributed by atoms with Gasteiger partial charge >= 0.3 is 0 Å². The topological polar surface area (TPSA) is 35.2 Å². The van der Waals surface area contributed by atoms with Gasteiger partial charge < -0.3 is 10.5 Å². The van der Waals surface area contributed by atoms with Crippen molar-refractivity contribution in [3.05, 3.63) is 29.3 Å². The molecule has 0 bridgehead atoms. The van der Waals surface area contributed by atoms with Gasteiger partial charge in [0.15, 0.2) is 11.6 Å². The number of benzene rings is 1. The first-order valence-corrected chi connectivity index (χ1v) is 4.82. The Bertz CT molecular complexity index is 340. The Morgan fingerprint density at radius 1 is 1.40 bits per heavy atom. The number of aryl methyl sites for hydroxylation is 1. The Balaban J connectivity index is 2.93. The zero-order chi connectivity index (χ0) is 11.4. The Morgan fingerprint density at radius 3 is 2.60 bits per heavy atom. The van der Waals surface area contributed by atoms with Crippen molar-refractivity contribution in [1.82, 2.24) is 0 Å². The SMILES string of the molecule is COc1c(F)cc(F)cc1CC[C@H](C)N. The van der Waals surface area contributed by atoms with E-state index in [2.05, 4.69) is 0 Å². The molecule has 0 saturated carbocycles. The Morgan fingerprint density at radius 2 is 2.07 bits per heavy atom. The van der Waals surface area contributed by atoms with Crippen LogP contribution in [0.15, 0.2) is 12.1 Å². The Kier molecular flexibility index (Phi) is 4.03. The van der Waals surface area contributed by atoms with Gasteiger partial charge in [-0.2, -0.15) is 0 Å². The second kappa shape index (κ2) is 5.07. The van der Waals surface area contributed by atoms with E-state index < -0.39 is 11.6 Å². The minimum Gasteiger partial charge on any atom is -0.493 e. The zero-order valence-electron chi connectivity index (χ0n) is 8.89. The summed E-state index contributed by atoms with van der Waals surface area (Å²) in [5.74, 6) is -1.15. The monoisotopic (exact) mass is 215 g/mol. The molecule has 0 heterocycles. The number of rotatable bonds is 4. The summed E-state index contributed by atoms with van der Waals surface area (Å²) < 4.78 is 31.1. The quantitative estimate of drug-likeness (QED) is 0.836. The number of hydrogen-bond donors (Lipinski definition) is 1. The average molecular weight is 215 g/mol. The van der Waals surface area contributed by atoms with Crippen LogP contribution in [0.25, 0.3) is 0 Å². The van der Waals surface area contributed by atoms with Gasteiger partial charge in [-0.15, -0.1) is 0 Å². The summed E-state index contributed by atoms with van der Waals surface area (Å²) in [6.07, 6.45) is 1.18. The first kappa shape index (κ1) is 11.9. The molecule has 2 nitrogen and oxygen atoms in total. The zero-order valence-corrected chi connectivity index (χ0v) is 8.89. The maximum absolute atomic E-state index is 13.2. The molecule has 0 aliphatic carbocycles. The maximum Gasteiger partial charge on any atom is 0.168 e. The number of nitrogens with two attached hydrogens (primary N) is 1. The molecule has 0 aliphatic rings. The van der Waals surface area contributed by atoms with Crippen molar-refractivity contribution in [3.8, 4) is 5.75 Å². The molecule has 2 N–H and O–H groups in total. The van der Waals surface area contributed by atoms with Crippen LogP contribution in [0, 0.1) is 11.6 Å². The highest BCUT2D eigenvalue weighted by Gasteiger charge is 2.12. The summed E-state index contributed by atoms with van der Waals surface area (Å²) >= 11 is 0. The van der Waals surface area contributed by atoms with Crippen LogP contribution >= 0.6 is 0 Å². The minimum absolute atomic E-state index is 0.000958. The van der Waals surface area contributed by atoms with E-state index in [1.165, 1.54) is 13.2 Å². The molecule has 0 aliphatic heterocycles. The number of hydrogen-bond acceptors (Lipinski definition) is 2. The predicted molar refractivity (Wildman–Crippen MR) is 54.9 cm³/mol. The third-order valence-electron chi connectivity index (χ3n) is 2.16. The predicted octanol–water partition coefficient (Wildman–Crippen LogP) is 2.25. The van der Waals surface area contributed by atoms with E-state index in [1.807, 2.05) is 6.92 Å². The molecule has 1 rings (SSSR count). The lowest BCUT2D eigenvalue weighted by molar-refractivity contribution is 0.377. The molecular weight excluding hydrogens is 200 g/mol. The fourth-order valence-electron chi connectivity index (χ4n) is 1.41. The third kappa shape index (κ3) is 3.16. The van der Waals surface area contributed by atoms with Crippen molar-refractivity contribution < 1.29 is 13.5 Å². The molecular formula is C11H15F2NO. The molecule has 0 amide bonds. The summed E-state index contributed by atoms with van der Waals surface area (Å²) in [5.41, 5.74) is 6.10. The van der Waals surface area contributed by atoms with Crippen molar-refractivity contribution >= 4 is 0 Å². The maximum atomic E-state index is 13.2. The molecule has 0 unspecified atom stereocenters. The van der Waals surface area contributed by atoms with Crippen molar-refractivity contribution in [1.29, 1.82) is 0 Å². The molecule has 0 radical (unpaired) electrons. The van der Waals surface area contributed by atoms with Crippen LogP contribution in [0.1, 0.15) is 18.9 Å². The van der Waals surface area contributed by atoms with E-state index >= 15 is 0 Å². The minimum atomic E-state index is -0.669. The molecule has 84 valence electrons. The lowest BCUT2D eigenvalue weighted by atomic mass is 10.1. The van der Waals surface area contributed by atoms with Crippen molar-refractivity contribution in [2.75, 3.05) is 7.11 Å². The molecule has 1 aromatic carbocycles. The van der Waals surface area contributed by atoms with Gasteiger partial charge in [0.05, 0.1) is 7.11 Å². The van der Waals surface area contributed by atoms with Gasteiger partial charge in [0.1, 0.15) is 5.82 Å². The second-order valence-electron chi connectivity index (χ2n) is 3.60. The highest BCUT2D eigenvalue weighted by Crippen LogP contribution is 2.25. The smallest absolute Gasteiger partial charge is 0.168 e. The van der Waals surface area contributed by atoms with Crippen molar-refractivity contribution in [2.24, 2.45) is 5.73 Å². The molecule has 1 atom stereocenters. The van der Waals surface area contributed by atoms with Crippen molar-refractivity contribution in [2.45, 2.75) is 25.8 Å². The number of methoxy groups -OCH3 is 1. The van der Waals surface area contributed by atoms with Crippen LogP contribution in [0.2, 0.25) is 0 Å². The lowest BCUT2D eigenvalue weighted by Crippen LogP contribution is -2.15. The van der Waals surface area contributed by atoms with Gasteiger partial charge in [0, 0.05) is 17.7 Å². The molecule has 0 fully saturated rings. The number of ether oxygens (including phenoxy) is 1. The highest BCUT2D eigenvalue weighted by atomic mass is 19.1. The van der Waals surface area contributed by atoms with Gasteiger partial charge in [-0.3, -0.25) is 0 Å². The van der Waals surface area contributed by atoms with Crippen LogP contribution < -0.4 is 10.5 Å². The summed E-state index contributed by atoms with van der Waals surface area (Å²) in [7, 11) is 1.37. The van der Waals surface area contributed by atoms with E-state index in [0.717, 1.165) is 6.07 Å². The van der Waals surface area contributed by atoms with E-state index in [9.17, 15) is 8.78 Å². The average Bonchev–Trinajstić information content (AvgIpc) is 2.13.